The molecule has 0 aromatic heterocycles. The zero-order valence-corrected chi connectivity index (χ0v) is 10.2. The number of piperidine rings is 1. The Morgan fingerprint density at radius 1 is 1.29 bits per heavy atom. The second-order valence-corrected chi connectivity index (χ2v) is 4.56. The molecule has 4 heteroatoms. The zero-order chi connectivity index (χ0) is 12.3. The number of aryl methyl sites for hydroxylation is 1. The standard InChI is InChI=1S/C13H19N3O/c1-10-5-6-11(15-13(14)17)12(9-10)16-7-3-2-4-8-16/h5-6,9H,2-4,7-8H2,1H3,(H3,14,15,17). The van der Waals surface area contributed by atoms with Gasteiger partial charge >= 0.3 is 6.03 Å². The Balaban J connectivity index is 2.28. The van der Waals surface area contributed by atoms with Gasteiger partial charge in [0.2, 0.25) is 0 Å². The van der Waals surface area contributed by atoms with E-state index < -0.39 is 6.03 Å². The van der Waals surface area contributed by atoms with Gasteiger partial charge in [0, 0.05) is 13.1 Å². The van der Waals surface area contributed by atoms with Gasteiger partial charge in [-0.2, -0.15) is 0 Å². The molecule has 17 heavy (non-hydrogen) atoms. The lowest BCUT2D eigenvalue weighted by atomic mass is 10.1. The van der Waals surface area contributed by atoms with Crippen LogP contribution in [0.25, 0.3) is 0 Å². The summed E-state index contributed by atoms with van der Waals surface area (Å²) in [5.41, 5.74) is 8.28. The molecule has 4 nitrogen and oxygen atoms in total. The highest BCUT2D eigenvalue weighted by Gasteiger charge is 2.15. The lowest BCUT2D eigenvalue weighted by Gasteiger charge is -2.30. The van der Waals surface area contributed by atoms with Crippen molar-refractivity contribution >= 4 is 17.4 Å². The molecule has 0 unspecified atom stereocenters. The largest absolute Gasteiger partial charge is 0.370 e. The molecule has 1 aliphatic heterocycles. The third kappa shape index (κ3) is 2.90. The number of hydrogen-bond donors (Lipinski definition) is 2. The number of nitrogens with one attached hydrogen (secondary N) is 1. The smallest absolute Gasteiger partial charge is 0.316 e. The minimum absolute atomic E-state index is 0.507. The van der Waals surface area contributed by atoms with Crippen molar-refractivity contribution in [2.24, 2.45) is 5.73 Å². The quantitative estimate of drug-likeness (QED) is 0.824. The molecular formula is C13H19N3O. The average molecular weight is 233 g/mol. The Bertz CT molecular complexity index is 411. The minimum Gasteiger partial charge on any atom is -0.370 e. The van der Waals surface area contributed by atoms with E-state index in [1.54, 1.807) is 0 Å². The van der Waals surface area contributed by atoms with E-state index in [1.165, 1.54) is 24.8 Å². The van der Waals surface area contributed by atoms with Crippen LogP contribution in [0.5, 0.6) is 0 Å². The van der Waals surface area contributed by atoms with E-state index in [9.17, 15) is 4.79 Å². The molecule has 0 aliphatic carbocycles. The van der Waals surface area contributed by atoms with Crippen LogP contribution < -0.4 is 16.0 Å². The number of anilines is 2. The highest BCUT2D eigenvalue weighted by atomic mass is 16.2. The van der Waals surface area contributed by atoms with Gasteiger partial charge in [0.1, 0.15) is 0 Å². The van der Waals surface area contributed by atoms with E-state index in [4.69, 9.17) is 5.73 Å². The zero-order valence-electron chi connectivity index (χ0n) is 10.2. The molecule has 3 N–H and O–H groups in total. The lowest BCUT2D eigenvalue weighted by molar-refractivity contribution is 0.259. The number of nitrogens with zero attached hydrogens (tertiary/aromatic N) is 1. The first kappa shape index (κ1) is 11.8. The second-order valence-electron chi connectivity index (χ2n) is 4.56. The van der Waals surface area contributed by atoms with E-state index in [1.807, 2.05) is 12.1 Å². The van der Waals surface area contributed by atoms with Crippen LogP contribution in [-0.2, 0) is 0 Å². The summed E-state index contributed by atoms with van der Waals surface area (Å²) in [6, 6.07) is 5.51. The van der Waals surface area contributed by atoms with Gasteiger partial charge < -0.3 is 16.0 Å². The number of rotatable bonds is 2. The third-order valence-corrected chi connectivity index (χ3v) is 3.11. The highest BCUT2D eigenvalue weighted by Crippen LogP contribution is 2.29. The summed E-state index contributed by atoms with van der Waals surface area (Å²) >= 11 is 0. The average Bonchev–Trinajstić information content (AvgIpc) is 2.32. The molecule has 0 spiro atoms. The van der Waals surface area contributed by atoms with Crippen molar-refractivity contribution < 1.29 is 4.79 Å². The van der Waals surface area contributed by atoms with Crippen LogP contribution in [0.1, 0.15) is 24.8 Å². The first-order valence-corrected chi connectivity index (χ1v) is 6.09. The summed E-state index contributed by atoms with van der Waals surface area (Å²) in [4.78, 5) is 13.3. The fourth-order valence-corrected chi connectivity index (χ4v) is 2.28. The number of carbonyl (C=O) groups is 1. The Morgan fingerprint density at radius 3 is 2.65 bits per heavy atom. The number of carbonyl (C=O) groups excluding carboxylic acids is 1. The molecule has 1 aliphatic rings. The normalized spacial score (nSPS) is 15.7. The van der Waals surface area contributed by atoms with Crippen molar-refractivity contribution in [2.45, 2.75) is 26.2 Å². The Hall–Kier alpha value is -1.71. The molecule has 1 heterocycles. The molecule has 1 saturated heterocycles. The first-order chi connectivity index (χ1) is 8.16. The lowest BCUT2D eigenvalue weighted by Crippen LogP contribution is -2.31. The van der Waals surface area contributed by atoms with Gasteiger partial charge in [0.25, 0.3) is 0 Å². The van der Waals surface area contributed by atoms with Gasteiger partial charge in [0.05, 0.1) is 11.4 Å². The molecule has 2 amide bonds. The molecule has 0 bridgehead atoms. The van der Waals surface area contributed by atoms with Crippen molar-refractivity contribution in [2.75, 3.05) is 23.3 Å². The minimum atomic E-state index is -0.507. The van der Waals surface area contributed by atoms with Gasteiger partial charge in [-0.15, -0.1) is 0 Å². The summed E-state index contributed by atoms with van der Waals surface area (Å²) in [7, 11) is 0. The van der Waals surface area contributed by atoms with E-state index >= 15 is 0 Å². The molecule has 0 atom stereocenters. The summed E-state index contributed by atoms with van der Waals surface area (Å²) < 4.78 is 0. The number of hydrogen-bond acceptors (Lipinski definition) is 2. The Kier molecular flexibility index (Phi) is 3.52. The van der Waals surface area contributed by atoms with Gasteiger partial charge in [-0.25, -0.2) is 4.79 Å². The van der Waals surface area contributed by atoms with Crippen LogP contribution in [0.3, 0.4) is 0 Å². The van der Waals surface area contributed by atoms with Crippen molar-refractivity contribution in [3.63, 3.8) is 0 Å². The van der Waals surface area contributed by atoms with Crippen LogP contribution in [-0.4, -0.2) is 19.1 Å². The number of primary amides is 1. The van der Waals surface area contributed by atoms with Crippen LogP contribution >= 0.6 is 0 Å². The second kappa shape index (κ2) is 5.08. The molecule has 2 rings (SSSR count). The SMILES string of the molecule is Cc1ccc(NC(N)=O)c(N2CCCCC2)c1. The maximum atomic E-state index is 11.0. The molecule has 1 aromatic carbocycles. The fourth-order valence-electron chi connectivity index (χ4n) is 2.28. The highest BCUT2D eigenvalue weighted by molar-refractivity contribution is 5.92. The van der Waals surface area contributed by atoms with Gasteiger partial charge in [0.15, 0.2) is 0 Å². The van der Waals surface area contributed by atoms with Crippen LogP contribution in [0.2, 0.25) is 0 Å². The van der Waals surface area contributed by atoms with E-state index in [-0.39, 0.29) is 0 Å². The summed E-state index contributed by atoms with van der Waals surface area (Å²) in [6.45, 7) is 4.16. The molecular weight excluding hydrogens is 214 g/mol. The van der Waals surface area contributed by atoms with Crippen molar-refractivity contribution in [1.29, 1.82) is 0 Å². The summed E-state index contributed by atoms with van der Waals surface area (Å²) in [5.74, 6) is 0. The third-order valence-electron chi connectivity index (χ3n) is 3.11. The van der Waals surface area contributed by atoms with Crippen LogP contribution in [0.15, 0.2) is 18.2 Å². The predicted octanol–water partition coefficient (Wildman–Crippen LogP) is 2.48. The maximum absolute atomic E-state index is 11.0. The fraction of sp³-hybridized carbons (Fsp3) is 0.462. The summed E-state index contributed by atoms with van der Waals surface area (Å²) in [6.07, 6.45) is 3.72. The molecule has 1 aromatic rings. The van der Waals surface area contributed by atoms with Gasteiger partial charge in [-0.1, -0.05) is 6.07 Å². The molecule has 0 radical (unpaired) electrons. The van der Waals surface area contributed by atoms with Crippen LogP contribution in [0.4, 0.5) is 16.2 Å². The van der Waals surface area contributed by atoms with E-state index in [0.717, 1.165) is 24.5 Å². The topological polar surface area (TPSA) is 58.4 Å². The number of benzene rings is 1. The molecule has 92 valence electrons. The number of nitrogens with two attached hydrogens (primary N) is 1. The number of urea groups is 1. The molecule has 1 fully saturated rings. The monoisotopic (exact) mass is 233 g/mol. The van der Waals surface area contributed by atoms with E-state index in [2.05, 4.69) is 23.2 Å². The van der Waals surface area contributed by atoms with Gasteiger partial charge in [-0.05, 0) is 43.9 Å². The van der Waals surface area contributed by atoms with Crippen molar-refractivity contribution in [1.82, 2.24) is 0 Å². The number of amides is 2. The van der Waals surface area contributed by atoms with Gasteiger partial charge in [-0.3, -0.25) is 0 Å². The predicted molar refractivity (Wildman–Crippen MR) is 70.4 cm³/mol. The van der Waals surface area contributed by atoms with Crippen molar-refractivity contribution in [3.05, 3.63) is 23.8 Å². The molecule has 0 saturated carbocycles. The van der Waals surface area contributed by atoms with Crippen molar-refractivity contribution in [3.8, 4) is 0 Å². The Labute approximate surface area is 102 Å². The first-order valence-electron chi connectivity index (χ1n) is 6.09. The maximum Gasteiger partial charge on any atom is 0.316 e. The summed E-state index contributed by atoms with van der Waals surface area (Å²) in [5, 5.41) is 2.70. The Morgan fingerprint density at radius 2 is 2.00 bits per heavy atom. The van der Waals surface area contributed by atoms with Crippen LogP contribution in [0, 0.1) is 6.92 Å². The van der Waals surface area contributed by atoms with E-state index in [0.29, 0.717) is 0 Å².